The largest absolute Gasteiger partial charge is 0.326 e. The molecule has 2 N–H and O–H groups in total. The van der Waals surface area contributed by atoms with Crippen LogP contribution in [0.1, 0.15) is 0 Å². The van der Waals surface area contributed by atoms with Gasteiger partial charge in [0.05, 0.1) is 17.2 Å². The predicted octanol–water partition coefficient (Wildman–Crippen LogP) is -1.04. The van der Waals surface area contributed by atoms with Gasteiger partial charge in [0, 0.05) is 0 Å². The first-order valence-corrected chi connectivity index (χ1v) is 6.09. The predicted molar refractivity (Wildman–Crippen MR) is 34.5 cm³/mol. The molecule has 1 aliphatic rings. The molecule has 7 heteroatoms. The highest BCUT2D eigenvalue weighted by Crippen LogP contribution is 2.41. The Bertz CT molecular complexity index is 273. The molecule has 0 aromatic carbocycles. The summed E-state index contributed by atoms with van der Waals surface area (Å²) >= 11 is 0. The Morgan fingerprint density at radius 3 is 2.00 bits per heavy atom. The lowest BCUT2D eigenvalue weighted by Crippen LogP contribution is -1.97. The molecule has 1 heterocycles. The van der Waals surface area contributed by atoms with Crippen molar-refractivity contribution in [2.75, 3.05) is 11.9 Å². The third-order valence-corrected chi connectivity index (χ3v) is 4.20. The molecule has 1 atom stereocenters. The Morgan fingerprint density at radius 1 is 1.50 bits per heavy atom. The van der Waals surface area contributed by atoms with E-state index in [4.69, 9.17) is 9.79 Å². The van der Waals surface area contributed by atoms with Crippen LogP contribution in [0.15, 0.2) is 0 Å². The number of rotatable bonds is 2. The average Bonchev–Trinajstić information content (AvgIpc) is 2.05. The van der Waals surface area contributed by atoms with Gasteiger partial charge in [-0.2, -0.15) is 0 Å². The standard InChI is InChI=1S/C3H7O5PS/c4-9(5,6)1-3-2-10(3,7)8/h3H,1-2H2,(H2,4,5,6). The van der Waals surface area contributed by atoms with Gasteiger partial charge in [0.1, 0.15) is 0 Å². The van der Waals surface area contributed by atoms with Crippen molar-refractivity contribution in [2.45, 2.75) is 5.25 Å². The third-order valence-electron chi connectivity index (χ3n) is 1.25. The zero-order valence-electron chi connectivity index (χ0n) is 4.97. The van der Waals surface area contributed by atoms with Crippen LogP contribution in [-0.4, -0.2) is 35.4 Å². The summed E-state index contributed by atoms with van der Waals surface area (Å²) < 4.78 is 31.0. The molecule has 1 unspecified atom stereocenters. The monoisotopic (exact) mass is 186 g/mol. The molecule has 1 rings (SSSR count). The van der Waals surface area contributed by atoms with Crippen molar-refractivity contribution in [3.63, 3.8) is 0 Å². The van der Waals surface area contributed by atoms with E-state index >= 15 is 0 Å². The fourth-order valence-electron chi connectivity index (χ4n) is 0.651. The van der Waals surface area contributed by atoms with E-state index in [9.17, 15) is 13.0 Å². The molecule has 1 aliphatic heterocycles. The molecule has 1 fully saturated rings. The van der Waals surface area contributed by atoms with Crippen molar-refractivity contribution >= 4 is 17.4 Å². The van der Waals surface area contributed by atoms with Crippen molar-refractivity contribution in [1.82, 2.24) is 0 Å². The quantitative estimate of drug-likeness (QED) is 0.424. The lowest BCUT2D eigenvalue weighted by Gasteiger charge is -1.97. The second-order valence-electron chi connectivity index (χ2n) is 2.30. The third kappa shape index (κ3) is 2.05. The number of sulfone groups is 1. The van der Waals surface area contributed by atoms with Crippen LogP contribution in [0.2, 0.25) is 0 Å². The lowest BCUT2D eigenvalue weighted by atomic mass is 10.6. The van der Waals surface area contributed by atoms with Crippen molar-refractivity contribution in [1.29, 1.82) is 0 Å². The van der Waals surface area contributed by atoms with Crippen LogP contribution in [0, 0.1) is 0 Å². The summed E-state index contributed by atoms with van der Waals surface area (Å²) in [6, 6.07) is 0. The SMILES string of the molecule is O=P(O)(O)CC1CS1(=O)=O. The first-order chi connectivity index (χ1) is 4.31. The van der Waals surface area contributed by atoms with Gasteiger partial charge in [-0.05, 0) is 0 Å². The minimum Gasteiger partial charge on any atom is -0.324 e. The highest BCUT2D eigenvalue weighted by Gasteiger charge is 2.47. The van der Waals surface area contributed by atoms with Crippen molar-refractivity contribution in [3.05, 3.63) is 0 Å². The zero-order chi connectivity index (χ0) is 7.99. The van der Waals surface area contributed by atoms with Gasteiger partial charge in [-0.3, -0.25) is 4.57 Å². The Hall–Kier alpha value is 0.1000. The van der Waals surface area contributed by atoms with Gasteiger partial charge in [-0.25, -0.2) is 8.42 Å². The first kappa shape index (κ1) is 8.20. The Labute approximate surface area is 58.1 Å². The highest BCUT2D eigenvalue weighted by molar-refractivity contribution is 7.99. The Balaban J connectivity index is 2.54. The van der Waals surface area contributed by atoms with E-state index < -0.39 is 28.8 Å². The molecule has 0 bridgehead atoms. The second kappa shape index (κ2) is 2.04. The first-order valence-electron chi connectivity index (χ1n) is 2.57. The maximum Gasteiger partial charge on any atom is 0.326 e. The van der Waals surface area contributed by atoms with E-state index in [0.717, 1.165) is 0 Å². The molecule has 60 valence electrons. The fourth-order valence-corrected chi connectivity index (χ4v) is 3.87. The van der Waals surface area contributed by atoms with Crippen LogP contribution in [-0.2, 0) is 14.4 Å². The molecule has 10 heavy (non-hydrogen) atoms. The van der Waals surface area contributed by atoms with Gasteiger partial charge >= 0.3 is 7.60 Å². The smallest absolute Gasteiger partial charge is 0.324 e. The van der Waals surface area contributed by atoms with Gasteiger partial charge < -0.3 is 9.79 Å². The normalized spacial score (nSPS) is 30.0. The van der Waals surface area contributed by atoms with Crippen molar-refractivity contribution < 1.29 is 22.8 Å². The zero-order valence-corrected chi connectivity index (χ0v) is 6.68. The summed E-state index contributed by atoms with van der Waals surface area (Å²) in [5, 5.41) is -0.784. The maximum absolute atomic E-state index is 10.4. The van der Waals surface area contributed by atoms with Crippen molar-refractivity contribution in [2.24, 2.45) is 0 Å². The van der Waals surface area contributed by atoms with Crippen LogP contribution >= 0.6 is 7.60 Å². The Kier molecular flexibility index (Phi) is 1.67. The molecule has 0 aromatic heterocycles. The summed E-state index contributed by atoms with van der Waals surface area (Å²) in [6.45, 7) is 0. The highest BCUT2D eigenvalue weighted by atomic mass is 32.2. The summed E-state index contributed by atoms with van der Waals surface area (Å²) in [5.41, 5.74) is 0. The van der Waals surface area contributed by atoms with Crippen LogP contribution < -0.4 is 0 Å². The molecule has 0 aromatic rings. The molecular formula is C3H7O5PS. The molecule has 1 saturated heterocycles. The molecule has 0 saturated carbocycles. The average molecular weight is 186 g/mol. The summed E-state index contributed by atoms with van der Waals surface area (Å²) in [4.78, 5) is 16.6. The summed E-state index contributed by atoms with van der Waals surface area (Å²) in [5.74, 6) is -0.0713. The minimum atomic E-state index is -4.12. The van der Waals surface area contributed by atoms with Crippen LogP contribution in [0.4, 0.5) is 0 Å². The molecule has 0 radical (unpaired) electrons. The number of hydrogen-bond donors (Lipinski definition) is 2. The van der Waals surface area contributed by atoms with Crippen LogP contribution in [0.25, 0.3) is 0 Å². The van der Waals surface area contributed by atoms with Gasteiger partial charge in [0.2, 0.25) is 0 Å². The number of hydrogen-bond acceptors (Lipinski definition) is 3. The van der Waals surface area contributed by atoms with E-state index in [0.29, 0.717) is 0 Å². The molecule has 0 amide bonds. The van der Waals surface area contributed by atoms with Gasteiger partial charge in [0.25, 0.3) is 0 Å². The second-order valence-corrected chi connectivity index (χ2v) is 6.32. The molecular weight excluding hydrogens is 179 g/mol. The van der Waals surface area contributed by atoms with Crippen LogP contribution in [0.5, 0.6) is 0 Å². The topological polar surface area (TPSA) is 91.7 Å². The summed E-state index contributed by atoms with van der Waals surface area (Å²) in [7, 11) is -7.20. The van der Waals surface area contributed by atoms with E-state index in [1.165, 1.54) is 0 Å². The van der Waals surface area contributed by atoms with E-state index in [1.807, 2.05) is 0 Å². The maximum atomic E-state index is 10.4. The van der Waals surface area contributed by atoms with Gasteiger partial charge in [-0.15, -0.1) is 0 Å². The van der Waals surface area contributed by atoms with E-state index in [-0.39, 0.29) is 5.75 Å². The fraction of sp³-hybridized carbons (Fsp3) is 1.00. The van der Waals surface area contributed by atoms with Crippen LogP contribution in [0.3, 0.4) is 0 Å². The minimum absolute atomic E-state index is 0.0713. The van der Waals surface area contributed by atoms with Crippen molar-refractivity contribution in [3.8, 4) is 0 Å². The Morgan fingerprint density at radius 2 is 1.90 bits per heavy atom. The molecule has 0 spiro atoms. The van der Waals surface area contributed by atoms with E-state index in [2.05, 4.69) is 0 Å². The molecule has 5 nitrogen and oxygen atoms in total. The van der Waals surface area contributed by atoms with E-state index in [1.54, 1.807) is 0 Å². The van der Waals surface area contributed by atoms with Gasteiger partial charge in [0.15, 0.2) is 9.84 Å². The summed E-state index contributed by atoms with van der Waals surface area (Å²) in [6.07, 6.45) is -0.519. The van der Waals surface area contributed by atoms with Gasteiger partial charge in [-0.1, -0.05) is 0 Å². The molecule has 0 aliphatic carbocycles. The lowest BCUT2D eigenvalue weighted by molar-refractivity contribution is 0.373.